The number of amides is 1. The molecule has 21 heavy (non-hydrogen) atoms. The lowest BCUT2D eigenvalue weighted by Crippen LogP contribution is -2.10. The Labute approximate surface area is 123 Å². The maximum atomic E-state index is 11.6. The minimum absolute atomic E-state index is 0.00262. The van der Waals surface area contributed by atoms with Gasteiger partial charge in [0.15, 0.2) is 0 Å². The quantitative estimate of drug-likeness (QED) is 0.907. The Kier molecular flexibility index (Phi) is 3.62. The van der Waals surface area contributed by atoms with E-state index in [-0.39, 0.29) is 18.4 Å². The summed E-state index contributed by atoms with van der Waals surface area (Å²) >= 11 is 0. The summed E-state index contributed by atoms with van der Waals surface area (Å²) in [4.78, 5) is 11.6. The molecule has 4 nitrogen and oxygen atoms in total. The lowest BCUT2D eigenvalue weighted by molar-refractivity contribution is -0.116. The molecule has 0 radical (unpaired) electrons. The number of carbonyl (C=O) groups excluding carboxylic acids is 1. The summed E-state index contributed by atoms with van der Waals surface area (Å²) in [6, 6.07) is 14.9. The normalized spacial score (nSPS) is 18.0. The van der Waals surface area contributed by atoms with Crippen LogP contribution in [0, 0.1) is 0 Å². The van der Waals surface area contributed by atoms with E-state index in [0.717, 1.165) is 22.6 Å². The minimum Gasteiger partial charge on any atom is -0.491 e. The van der Waals surface area contributed by atoms with Crippen molar-refractivity contribution in [2.24, 2.45) is 0 Å². The summed E-state index contributed by atoms with van der Waals surface area (Å²) in [6.07, 6.45) is -0.724. The van der Waals surface area contributed by atoms with Crippen molar-refractivity contribution in [3.8, 4) is 5.75 Å². The molecule has 0 saturated carbocycles. The molecule has 2 unspecified atom stereocenters. The van der Waals surface area contributed by atoms with Crippen molar-refractivity contribution < 1.29 is 14.6 Å². The van der Waals surface area contributed by atoms with Crippen LogP contribution in [0.25, 0.3) is 0 Å². The topological polar surface area (TPSA) is 58.6 Å². The molecule has 1 amide bonds. The molecule has 1 heterocycles. The van der Waals surface area contributed by atoms with Gasteiger partial charge in [0.25, 0.3) is 0 Å². The second-order valence-electron chi connectivity index (χ2n) is 5.20. The molecule has 1 aliphatic heterocycles. The van der Waals surface area contributed by atoms with Gasteiger partial charge in [-0.3, -0.25) is 4.79 Å². The van der Waals surface area contributed by atoms with Gasteiger partial charge in [-0.05, 0) is 36.2 Å². The average Bonchev–Trinajstić information content (AvgIpc) is 2.80. The third-order valence-corrected chi connectivity index (χ3v) is 3.73. The lowest BCUT2D eigenvalue weighted by Gasteiger charge is -2.14. The van der Waals surface area contributed by atoms with Gasteiger partial charge < -0.3 is 15.2 Å². The van der Waals surface area contributed by atoms with Crippen molar-refractivity contribution in [2.75, 3.05) is 11.9 Å². The van der Waals surface area contributed by atoms with Crippen LogP contribution in [0.1, 0.15) is 30.1 Å². The second kappa shape index (κ2) is 5.58. The van der Waals surface area contributed by atoms with E-state index in [1.165, 1.54) is 0 Å². The van der Waals surface area contributed by atoms with Crippen LogP contribution >= 0.6 is 0 Å². The molecule has 2 aromatic rings. The summed E-state index contributed by atoms with van der Waals surface area (Å²) < 4.78 is 5.56. The van der Waals surface area contributed by atoms with E-state index < -0.39 is 6.10 Å². The van der Waals surface area contributed by atoms with Crippen LogP contribution in [0.5, 0.6) is 5.75 Å². The van der Waals surface area contributed by atoms with Crippen molar-refractivity contribution in [1.29, 1.82) is 0 Å². The molecule has 4 heteroatoms. The van der Waals surface area contributed by atoms with Gasteiger partial charge >= 0.3 is 0 Å². The van der Waals surface area contributed by atoms with Crippen molar-refractivity contribution in [3.63, 3.8) is 0 Å². The van der Waals surface area contributed by atoms with Crippen LogP contribution < -0.4 is 10.1 Å². The summed E-state index contributed by atoms with van der Waals surface area (Å²) in [7, 11) is 0. The zero-order chi connectivity index (χ0) is 14.8. The zero-order valence-electron chi connectivity index (χ0n) is 11.7. The maximum absolute atomic E-state index is 11.6. The van der Waals surface area contributed by atoms with E-state index in [9.17, 15) is 9.90 Å². The Bertz CT molecular complexity index is 654. The molecule has 0 spiro atoms. The molecule has 0 aromatic heterocycles. The van der Waals surface area contributed by atoms with Crippen molar-refractivity contribution >= 4 is 11.6 Å². The van der Waals surface area contributed by atoms with Gasteiger partial charge in [-0.15, -0.1) is 0 Å². The fourth-order valence-electron chi connectivity index (χ4n) is 2.43. The lowest BCUT2D eigenvalue weighted by atomic mass is 9.98. The Hall–Kier alpha value is -2.33. The van der Waals surface area contributed by atoms with Crippen LogP contribution in [0.4, 0.5) is 5.69 Å². The number of hydrogen-bond donors (Lipinski definition) is 2. The molecular weight excluding hydrogens is 266 g/mol. The number of ether oxygens (including phenoxy) is 1. The van der Waals surface area contributed by atoms with E-state index in [1.807, 2.05) is 55.5 Å². The molecule has 2 N–H and O–H groups in total. The molecule has 108 valence electrons. The fourth-order valence-corrected chi connectivity index (χ4v) is 2.43. The number of para-hydroxylation sites is 1. The molecule has 0 saturated heterocycles. The number of hydrogen-bond acceptors (Lipinski definition) is 3. The van der Waals surface area contributed by atoms with E-state index in [1.54, 1.807) is 0 Å². The zero-order valence-corrected chi connectivity index (χ0v) is 11.7. The molecule has 0 bridgehead atoms. The number of nitrogens with one attached hydrogen (secondary N) is 1. The minimum atomic E-state index is -0.724. The standard InChI is InChI=1S/C17H17NO3/c1-11-14-9-12(7-8-15(14)18-17(11)20)16(19)10-21-13-5-3-2-4-6-13/h2-9,11,16,19H,10H2,1H3,(H,18,20). The Morgan fingerprint density at radius 2 is 2.00 bits per heavy atom. The number of carbonyl (C=O) groups is 1. The molecule has 0 fully saturated rings. The first-order valence-corrected chi connectivity index (χ1v) is 6.96. The summed E-state index contributed by atoms with van der Waals surface area (Å²) in [5.41, 5.74) is 2.51. The average molecular weight is 283 g/mol. The predicted octanol–water partition coefficient (Wildman–Crippen LogP) is 2.85. The number of anilines is 1. The first-order valence-electron chi connectivity index (χ1n) is 6.96. The van der Waals surface area contributed by atoms with Crippen LogP contribution in [0.3, 0.4) is 0 Å². The highest BCUT2D eigenvalue weighted by Gasteiger charge is 2.27. The Morgan fingerprint density at radius 1 is 1.24 bits per heavy atom. The first kappa shape index (κ1) is 13.6. The molecule has 0 aliphatic carbocycles. The van der Waals surface area contributed by atoms with Gasteiger partial charge in [0.05, 0.1) is 5.92 Å². The van der Waals surface area contributed by atoms with Crippen LogP contribution in [-0.4, -0.2) is 17.6 Å². The van der Waals surface area contributed by atoms with Crippen LogP contribution in [-0.2, 0) is 4.79 Å². The SMILES string of the molecule is CC1C(=O)Nc2ccc(C(O)COc3ccccc3)cc21. The maximum Gasteiger partial charge on any atom is 0.231 e. The Morgan fingerprint density at radius 3 is 2.76 bits per heavy atom. The monoisotopic (exact) mass is 283 g/mol. The largest absolute Gasteiger partial charge is 0.491 e. The molecular formula is C17H17NO3. The third-order valence-electron chi connectivity index (χ3n) is 3.73. The first-order chi connectivity index (χ1) is 10.1. The van der Waals surface area contributed by atoms with E-state index in [2.05, 4.69) is 5.32 Å². The summed E-state index contributed by atoms with van der Waals surface area (Å²) in [5, 5.41) is 13.1. The smallest absolute Gasteiger partial charge is 0.231 e. The van der Waals surface area contributed by atoms with E-state index >= 15 is 0 Å². The van der Waals surface area contributed by atoms with Gasteiger partial charge in [-0.25, -0.2) is 0 Å². The number of benzene rings is 2. The van der Waals surface area contributed by atoms with Crippen molar-refractivity contribution in [1.82, 2.24) is 0 Å². The highest BCUT2D eigenvalue weighted by molar-refractivity contribution is 6.02. The van der Waals surface area contributed by atoms with Crippen LogP contribution in [0.2, 0.25) is 0 Å². The van der Waals surface area contributed by atoms with Crippen LogP contribution in [0.15, 0.2) is 48.5 Å². The van der Waals surface area contributed by atoms with E-state index in [4.69, 9.17) is 4.74 Å². The molecule has 2 aromatic carbocycles. The van der Waals surface area contributed by atoms with Crippen molar-refractivity contribution in [3.05, 3.63) is 59.7 Å². The van der Waals surface area contributed by atoms with Gasteiger partial charge in [-0.1, -0.05) is 30.3 Å². The molecule has 3 rings (SSSR count). The highest BCUT2D eigenvalue weighted by atomic mass is 16.5. The van der Waals surface area contributed by atoms with Crippen molar-refractivity contribution in [2.45, 2.75) is 18.9 Å². The third kappa shape index (κ3) is 2.76. The summed E-state index contributed by atoms with van der Waals surface area (Å²) in [6.45, 7) is 2.04. The van der Waals surface area contributed by atoms with Gasteiger partial charge in [0.1, 0.15) is 18.5 Å². The second-order valence-corrected chi connectivity index (χ2v) is 5.20. The fraction of sp³-hybridized carbons (Fsp3) is 0.235. The van der Waals surface area contributed by atoms with Gasteiger partial charge in [0.2, 0.25) is 5.91 Å². The molecule has 2 atom stereocenters. The molecule has 1 aliphatic rings. The number of fused-ring (bicyclic) bond motifs is 1. The van der Waals surface area contributed by atoms with Gasteiger partial charge in [-0.2, -0.15) is 0 Å². The number of rotatable bonds is 4. The Balaban J connectivity index is 1.71. The number of aliphatic hydroxyl groups excluding tert-OH is 1. The van der Waals surface area contributed by atoms with E-state index in [0.29, 0.717) is 0 Å². The highest BCUT2D eigenvalue weighted by Crippen LogP contribution is 2.34. The summed E-state index contributed by atoms with van der Waals surface area (Å²) in [5.74, 6) is 0.544. The predicted molar refractivity (Wildman–Crippen MR) is 80.4 cm³/mol. The number of aliphatic hydroxyl groups is 1. The van der Waals surface area contributed by atoms with Gasteiger partial charge in [0, 0.05) is 5.69 Å².